The predicted octanol–water partition coefficient (Wildman–Crippen LogP) is 2.87. The highest BCUT2D eigenvalue weighted by molar-refractivity contribution is 9.10. The van der Waals surface area contributed by atoms with Gasteiger partial charge in [0.05, 0.1) is 6.61 Å². The number of esters is 1. The van der Waals surface area contributed by atoms with Gasteiger partial charge in [-0.1, -0.05) is 6.92 Å². The summed E-state index contributed by atoms with van der Waals surface area (Å²) in [6, 6.07) is 3.51. The summed E-state index contributed by atoms with van der Waals surface area (Å²) in [6.45, 7) is 5.09. The number of rotatable bonds is 8. The van der Waals surface area contributed by atoms with E-state index in [1.54, 1.807) is 6.20 Å². The summed E-state index contributed by atoms with van der Waals surface area (Å²) in [6.07, 6.45) is 2.72. The molecule has 0 saturated carbocycles. The Balaban J connectivity index is 2.57. The first-order chi connectivity index (χ1) is 9.19. The van der Waals surface area contributed by atoms with Crippen LogP contribution in [0.25, 0.3) is 0 Å². The SMILES string of the molecule is CCCNC(CSc1ncccc1Br)C(=O)OCC. The minimum absolute atomic E-state index is 0.199. The smallest absolute Gasteiger partial charge is 0.323 e. The van der Waals surface area contributed by atoms with E-state index in [2.05, 4.69) is 33.2 Å². The minimum Gasteiger partial charge on any atom is -0.465 e. The van der Waals surface area contributed by atoms with Gasteiger partial charge in [0.15, 0.2) is 0 Å². The summed E-state index contributed by atoms with van der Waals surface area (Å²) in [5.41, 5.74) is 0. The second-order valence-electron chi connectivity index (χ2n) is 3.86. The van der Waals surface area contributed by atoms with Gasteiger partial charge in [-0.2, -0.15) is 0 Å². The number of nitrogens with one attached hydrogen (secondary N) is 1. The number of thioether (sulfide) groups is 1. The molecule has 0 fully saturated rings. The number of carbonyl (C=O) groups is 1. The molecule has 0 amide bonds. The molecule has 1 N–H and O–H groups in total. The van der Waals surface area contributed by atoms with Crippen molar-refractivity contribution in [1.29, 1.82) is 0 Å². The average molecular weight is 347 g/mol. The van der Waals surface area contributed by atoms with Crippen LogP contribution < -0.4 is 5.32 Å². The van der Waals surface area contributed by atoms with Gasteiger partial charge in [-0.15, -0.1) is 11.8 Å². The molecule has 0 aliphatic carbocycles. The molecule has 19 heavy (non-hydrogen) atoms. The van der Waals surface area contributed by atoms with Crippen LogP contribution in [0.5, 0.6) is 0 Å². The number of pyridine rings is 1. The van der Waals surface area contributed by atoms with Crippen molar-refractivity contribution in [3.05, 3.63) is 22.8 Å². The van der Waals surface area contributed by atoms with Crippen LogP contribution in [0.2, 0.25) is 0 Å². The van der Waals surface area contributed by atoms with Crippen LogP contribution in [-0.4, -0.2) is 35.9 Å². The van der Waals surface area contributed by atoms with Gasteiger partial charge in [-0.05, 0) is 48.0 Å². The zero-order valence-corrected chi connectivity index (χ0v) is 13.6. The Morgan fingerprint density at radius 3 is 3.00 bits per heavy atom. The Morgan fingerprint density at radius 2 is 2.37 bits per heavy atom. The maximum absolute atomic E-state index is 11.8. The van der Waals surface area contributed by atoms with Crippen LogP contribution in [0.1, 0.15) is 20.3 Å². The number of carbonyl (C=O) groups excluding carboxylic acids is 1. The maximum atomic E-state index is 11.8. The van der Waals surface area contributed by atoms with Crippen LogP contribution in [0.4, 0.5) is 0 Å². The van der Waals surface area contributed by atoms with Crippen molar-refractivity contribution in [3.63, 3.8) is 0 Å². The van der Waals surface area contributed by atoms with E-state index in [9.17, 15) is 4.79 Å². The lowest BCUT2D eigenvalue weighted by atomic mass is 10.3. The van der Waals surface area contributed by atoms with E-state index in [0.29, 0.717) is 12.4 Å². The van der Waals surface area contributed by atoms with Gasteiger partial charge in [-0.25, -0.2) is 4.98 Å². The molecule has 0 saturated heterocycles. The summed E-state index contributed by atoms with van der Waals surface area (Å²) in [7, 11) is 0. The van der Waals surface area contributed by atoms with Crippen LogP contribution in [-0.2, 0) is 9.53 Å². The Hall–Kier alpha value is -0.590. The van der Waals surface area contributed by atoms with Gasteiger partial charge in [0.25, 0.3) is 0 Å². The fraction of sp³-hybridized carbons (Fsp3) is 0.538. The second kappa shape index (κ2) is 9.34. The van der Waals surface area contributed by atoms with Crippen molar-refractivity contribution >= 4 is 33.7 Å². The molecule has 1 unspecified atom stereocenters. The molecule has 1 aromatic rings. The Kier molecular flexibility index (Phi) is 8.09. The molecule has 0 aromatic carbocycles. The Labute approximate surface area is 126 Å². The summed E-state index contributed by atoms with van der Waals surface area (Å²) in [5, 5.41) is 4.09. The van der Waals surface area contributed by atoms with E-state index >= 15 is 0 Å². The minimum atomic E-state index is -0.293. The molecule has 0 radical (unpaired) electrons. The standard InChI is InChI=1S/C13H19BrN2O2S/c1-3-7-15-11(13(17)18-4-2)9-19-12-10(14)6-5-8-16-12/h5-6,8,11,15H,3-4,7,9H2,1-2H3. The summed E-state index contributed by atoms with van der Waals surface area (Å²) >= 11 is 4.99. The van der Waals surface area contributed by atoms with E-state index in [4.69, 9.17) is 4.74 Å². The number of ether oxygens (including phenoxy) is 1. The first kappa shape index (κ1) is 16.5. The van der Waals surface area contributed by atoms with Crippen molar-refractivity contribution in [2.45, 2.75) is 31.3 Å². The quantitative estimate of drug-likeness (QED) is 0.579. The van der Waals surface area contributed by atoms with Gasteiger partial charge < -0.3 is 10.1 Å². The second-order valence-corrected chi connectivity index (χ2v) is 5.72. The van der Waals surface area contributed by atoms with E-state index in [1.165, 1.54) is 11.8 Å². The summed E-state index contributed by atoms with van der Waals surface area (Å²) in [4.78, 5) is 16.1. The Morgan fingerprint density at radius 1 is 1.58 bits per heavy atom. The normalized spacial score (nSPS) is 12.2. The average Bonchev–Trinajstić information content (AvgIpc) is 2.41. The maximum Gasteiger partial charge on any atom is 0.323 e. The van der Waals surface area contributed by atoms with E-state index in [0.717, 1.165) is 22.5 Å². The topological polar surface area (TPSA) is 51.2 Å². The van der Waals surface area contributed by atoms with Crippen LogP contribution >= 0.6 is 27.7 Å². The monoisotopic (exact) mass is 346 g/mol. The summed E-state index contributed by atoms with van der Waals surface area (Å²) in [5.74, 6) is 0.407. The van der Waals surface area contributed by atoms with Gasteiger partial charge in [0.1, 0.15) is 11.1 Å². The molecule has 1 atom stereocenters. The first-order valence-corrected chi connectivity index (χ1v) is 8.10. The molecule has 0 bridgehead atoms. The molecule has 1 aromatic heterocycles. The number of aromatic nitrogens is 1. The van der Waals surface area contributed by atoms with E-state index in [-0.39, 0.29) is 12.0 Å². The van der Waals surface area contributed by atoms with Gasteiger partial charge in [0, 0.05) is 16.4 Å². The fourth-order valence-corrected chi connectivity index (χ4v) is 2.93. The van der Waals surface area contributed by atoms with Crippen LogP contribution in [0.3, 0.4) is 0 Å². The highest BCUT2D eigenvalue weighted by atomic mass is 79.9. The third-order valence-corrected chi connectivity index (χ3v) is 4.32. The lowest BCUT2D eigenvalue weighted by molar-refractivity contribution is -0.144. The lowest BCUT2D eigenvalue weighted by Crippen LogP contribution is -2.40. The number of nitrogens with zero attached hydrogens (tertiary/aromatic N) is 1. The van der Waals surface area contributed by atoms with Crippen LogP contribution in [0.15, 0.2) is 27.8 Å². The largest absolute Gasteiger partial charge is 0.465 e. The molecule has 0 aliphatic rings. The molecule has 1 rings (SSSR count). The fourth-order valence-electron chi connectivity index (χ4n) is 1.41. The molecular formula is C13H19BrN2O2S. The van der Waals surface area contributed by atoms with E-state index < -0.39 is 0 Å². The zero-order valence-electron chi connectivity index (χ0n) is 11.2. The zero-order chi connectivity index (χ0) is 14.1. The van der Waals surface area contributed by atoms with Gasteiger partial charge in [-0.3, -0.25) is 4.79 Å². The molecule has 4 nitrogen and oxygen atoms in total. The van der Waals surface area contributed by atoms with Gasteiger partial charge >= 0.3 is 5.97 Å². The van der Waals surface area contributed by atoms with Crippen molar-refractivity contribution in [1.82, 2.24) is 10.3 Å². The molecular weight excluding hydrogens is 328 g/mol. The summed E-state index contributed by atoms with van der Waals surface area (Å²) < 4.78 is 6.02. The Bertz CT molecular complexity index is 404. The highest BCUT2D eigenvalue weighted by Gasteiger charge is 2.19. The lowest BCUT2D eigenvalue weighted by Gasteiger charge is -2.16. The molecule has 0 spiro atoms. The highest BCUT2D eigenvalue weighted by Crippen LogP contribution is 2.25. The van der Waals surface area contributed by atoms with Crippen molar-refractivity contribution in [2.24, 2.45) is 0 Å². The predicted molar refractivity (Wildman–Crippen MR) is 81.4 cm³/mol. The molecule has 0 aliphatic heterocycles. The number of halogens is 1. The third-order valence-electron chi connectivity index (χ3n) is 2.32. The van der Waals surface area contributed by atoms with Crippen molar-refractivity contribution < 1.29 is 9.53 Å². The van der Waals surface area contributed by atoms with Crippen LogP contribution in [0, 0.1) is 0 Å². The van der Waals surface area contributed by atoms with E-state index in [1.807, 2.05) is 19.1 Å². The molecule has 1 heterocycles. The van der Waals surface area contributed by atoms with Crippen molar-refractivity contribution in [2.75, 3.05) is 18.9 Å². The first-order valence-electron chi connectivity index (χ1n) is 6.32. The molecule has 106 valence electrons. The third kappa shape index (κ3) is 5.93. The van der Waals surface area contributed by atoms with Crippen molar-refractivity contribution in [3.8, 4) is 0 Å². The molecule has 6 heteroatoms. The number of hydrogen-bond acceptors (Lipinski definition) is 5. The van der Waals surface area contributed by atoms with Gasteiger partial charge in [0.2, 0.25) is 0 Å². The number of hydrogen-bond donors (Lipinski definition) is 1.